The number of ether oxygens (including phenoxy) is 1. The lowest BCUT2D eigenvalue weighted by atomic mass is 10.0. The van der Waals surface area contributed by atoms with Crippen LogP contribution in [0.4, 0.5) is 13.2 Å². The molecule has 1 amide bonds. The van der Waals surface area contributed by atoms with E-state index in [0.29, 0.717) is 12.0 Å². The molecule has 8 heteroatoms. The van der Waals surface area contributed by atoms with E-state index in [1.165, 1.54) is 11.0 Å². The summed E-state index contributed by atoms with van der Waals surface area (Å²) < 4.78 is 43.4. The van der Waals surface area contributed by atoms with E-state index < -0.39 is 29.7 Å². The van der Waals surface area contributed by atoms with Crippen LogP contribution in [0.5, 0.6) is 0 Å². The van der Waals surface area contributed by atoms with Crippen molar-refractivity contribution in [2.75, 3.05) is 19.8 Å². The molecule has 5 nitrogen and oxygen atoms in total. The van der Waals surface area contributed by atoms with Crippen LogP contribution in [0.15, 0.2) is 24.3 Å². The van der Waals surface area contributed by atoms with Gasteiger partial charge in [-0.2, -0.15) is 13.2 Å². The molecule has 0 radical (unpaired) electrons. The molecule has 1 aromatic rings. The first-order valence-corrected chi connectivity index (χ1v) is 7.57. The lowest BCUT2D eigenvalue weighted by Crippen LogP contribution is -2.53. The van der Waals surface area contributed by atoms with Crippen LogP contribution in [0.1, 0.15) is 23.5 Å². The first-order chi connectivity index (χ1) is 11.3. The monoisotopic (exact) mass is 343 g/mol. The number of hydrogen-bond acceptors (Lipinski definition) is 3. The second-order valence-corrected chi connectivity index (χ2v) is 6.03. The smallest absolute Gasteiger partial charge is 0.416 e. The van der Waals surface area contributed by atoms with Gasteiger partial charge in [0.15, 0.2) is 6.04 Å². The fraction of sp³-hybridized carbons (Fsp3) is 0.500. The van der Waals surface area contributed by atoms with Gasteiger partial charge >= 0.3 is 12.1 Å². The number of benzene rings is 1. The van der Waals surface area contributed by atoms with Crippen molar-refractivity contribution in [2.45, 2.75) is 24.6 Å². The van der Waals surface area contributed by atoms with Crippen LogP contribution >= 0.6 is 0 Å². The number of amides is 1. The van der Waals surface area contributed by atoms with Gasteiger partial charge in [0, 0.05) is 12.5 Å². The second kappa shape index (κ2) is 6.08. The number of carbonyl (C=O) groups excluding carboxylic acids is 1. The highest BCUT2D eigenvalue weighted by Crippen LogP contribution is 2.49. The minimum atomic E-state index is -4.43. The van der Waals surface area contributed by atoms with E-state index in [4.69, 9.17) is 9.84 Å². The zero-order valence-electron chi connectivity index (χ0n) is 12.6. The van der Waals surface area contributed by atoms with E-state index in [1.54, 1.807) is 6.07 Å². The lowest BCUT2D eigenvalue weighted by molar-refractivity contribution is -0.158. The molecule has 1 aliphatic carbocycles. The molecule has 0 aromatic heterocycles. The molecule has 3 rings (SSSR count). The molecule has 1 aromatic carbocycles. The van der Waals surface area contributed by atoms with Gasteiger partial charge in [-0.3, -0.25) is 4.79 Å². The molecular formula is C16H16F3NO4. The fourth-order valence-corrected chi connectivity index (χ4v) is 3.07. The molecule has 0 spiro atoms. The highest BCUT2D eigenvalue weighted by atomic mass is 19.4. The SMILES string of the molecule is O=C(O)[C@@H]1COCCN1C(=O)[C@H]1C[C@@H]1c1cccc(C(F)(F)F)c1. The number of rotatable bonds is 3. The Bertz CT molecular complexity index is 661. The van der Waals surface area contributed by atoms with Crippen LogP contribution < -0.4 is 0 Å². The topological polar surface area (TPSA) is 66.8 Å². The number of nitrogens with zero attached hydrogens (tertiary/aromatic N) is 1. The van der Waals surface area contributed by atoms with Gasteiger partial charge in [0.05, 0.1) is 18.8 Å². The minimum absolute atomic E-state index is 0.0674. The third-order valence-electron chi connectivity index (χ3n) is 4.45. The predicted molar refractivity (Wildman–Crippen MR) is 76.2 cm³/mol. The van der Waals surface area contributed by atoms with E-state index in [-0.39, 0.29) is 31.6 Å². The lowest BCUT2D eigenvalue weighted by Gasteiger charge is -2.33. The Hall–Kier alpha value is -2.09. The highest BCUT2D eigenvalue weighted by Gasteiger charge is 2.48. The number of carbonyl (C=O) groups is 2. The summed E-state index contributed by atoms with van der Waals surface area (Å²) in [5, 5.41) is 9.17. The number of hydrogen-bond donors (Lipinski definition) is 1. The number of aliphatic carboxylic acids is 1. The summed E-state index contributed by atoms with van der Waals surface area (Å²) >= 11 is 0. The van der Waals surface area contributed by atoms with Crippen molar-refractivity contribution in [3.05, 3.63) is 35.4 Å². The van der Waals surface area contributed by atoms with Gasteiger partial charge in [-0.05, 0) is 24.0 Å². The molecule has 130 valence electrons. The van der Waals surface area contributed by atoms with E-state index in [0.717, 1.165) is 12.1 Å². The van der Waals surface area contributed by atoms with Crippen molar-refractivity contribution in [2.24, 2.45) is 5.92 Å². The van der Waals surface area contributed by atoms with E-state index >= 15 is 0 Å². The zero-order chi connectivity index (χ0) is 17.5. The standard InChI is InChI=1S/C16H16F3NO4/c17-16(18,19)10-3-1-2-9(6-10)11-7-12(11)14(21)20-4-5-24-8-13(20)15(22)23/h1-3,6,11-13H,4-5,7-8H2,(H,22,23)/t11-,12+,13+/m1/s1. The number of alkyl halides is 3. The minimum Gasteiger partial charge on any atom is -0.480 e. The maximum absolute atomic E-state index is 12.8. The maximum atomic E-state index is 12.8. The van der Waals surface area contributed by atoms with Gasteiger partial charge in [0.2, 0.25) is 5.91 Å². The van der Waals surface area contributed by atoms with Gasteiger partial charge in [0.25, 0.3) is 0 Å². The number of carboxylic acids is 1. The Morgan fingerprint density at radius 1 is 1.29 bits per heavy atom. The van der Waals surface area contributed by atoms with Crippen molar-refractivity contribution < 1.29 is 32.6 Å². The Kier molecular flexibility index (Phi) is 4.25. The van der Waals surface area contributed by atoms with Crippen molar-refractivity contribution in [1.29, 1.82) is 0 Å². The fourth-order valence-electron chi connectivity index (χ4n) is 3.07. The van der Waals surface area contributed by atoms with Gasteiger partial charge in [-0.15, -0.1) is 0 Å². The van der Waals surface area contributed by atoms with Gasteiger partial charge in [-0.25, -0.2) is 4.79 Å². The van der Waals surface area contributed by atoms with E-state index in [2.05, 4.69) is 0 Å². The molecule has 1 heterocycles. The molecule has 0 unspecified atom stereocenters. The quantitative estimate of drug-likeness (QED) is 0.913. The molecule has 2 aliphatic rings. The van der Waals surface area contributed by atoms with Crippen LogP contribution in [-0.2, 0) is 20.5 Å². The Balaban J connectivity index is 1.73. The van der Waals surface area contributed by atoms with Crippen molar-refractivity contribution in [3.63, 3.8) is 0 Å². The third-order valence-corrected chi connectivity index (χ3v) is 4.45. The molecule has 3 atom stereocenters. The van der Waals surface area contributed by atoms with Crippen molar-refractivity contribution >= 4 is 11.9 Å². The summed E-state index contributed by atoms with van der Waals surface area (Å²) in [5.74, 6) is -2.22. The predicted octanol–water partition coefficient (Wildman–Crippen LogP) is 2.12. The second-order valence-electron chi connectivity index (χ2n) is 6.03. The number of halogens is 3. The largest absolute Gasteiger partial charge is 0.480 e. The van der Waals surface area contributed by atoms with Gasteiger partial charge in [-0.1, -0.05) is 18.2 Å². The van der Waals surface area contributed by atoms with Gasteiger partial charge < -0.3 is 14.7 Å². The Labute approximate surface area is 136 Å². The molecule has 1 saturated heterocycles. The van der Waals surface area contributed by atoms with Crippen LogP contribution in [0.25, 0.3) is 0 Å². The number of morpholine rings is 1. The van der Waals surface area contributed by atoms with E-state index in [1.807, 2.05) is 0 Å². The molecule has 2 fully saturated rings. The third kappa shape index (κ3) is 3.24. The average molecular weight is 343 g/mol. The Morgan fingerprint density at radius 2 is 2.04 bits per heavy atom. The van der Waals surface area contributed by atoms with E-state index in [9.17, 15) is 22.8 Å². The maximum Gasteiger partial charge on any atom is 0.416 e. The Morgan fingerprint density at radius 3 is 2.71 bits per heavy atom. The van der Waals surface area contributed by atoms with Crippen molar-refractivity contribution in [1.82, 2.24) is 4.90 Å². The van der Waals surface area contributed by atoms with Crippen molar-refractivity contribution in [3.8, 4) is 0 Å². The zero-order valence-corrected chi connectivity index (χ0v) is 12.6. The molecule has 0 bridgehead atoms. The summed E-state index contributed by atoms with van der Waals surface area (Å²) in [7, 11) is 0. The first kappa shape index (κ1) is 16.8. The van der Waals surface area contributed by atoms with Gasteiger partial charge in [0.1, 0.15) is 0 Å². The molecule has 1 N–H and O–H groups in total. The normalized spacial score (nSPS) is 27.0. The van der Waals surface area contributed by atoms with Crippen LogP contribution in [0, 0.1) is 5.92 Å². The summed E-state index contributed by atoms with van der Waals surface area (Å²) in [6, 6.07) is 3.92. The average Bonchev–Trinajstić information content (AvgIpc) is 3.34. The molecular weight excluding hydrogens is 327 g/mol. The molecule has 1 aliphatic heterocycles. The highest BCUT2D eigenvalue weighted by molar-refractivity contribution is 5.88. The summed E-state index contributed by atoms with van der Waals surface area (Å²) in [5.41, 5.74) is -0.281. The number of carboxylic acid groups (broad SMARTS) is 1. The summed E-state index contributed by atoms with van der Waals surface area (Å²) in [4.78, 5) is 25.0. The van der Waals surface area contributed by atoms with Crippen LogP contribution in [0.2, 0.25) is 0 Å². The van der Waals surface area contributed by atoms with Crippen LogP contribution in [-0.4, -0.2) is 47.7 Å². The molecule has 1 saturated carbocycles. The molecule has 24 heavy (non-hydrogen) atoms. The van der Waals surface area contributed by atoms with Crippen LogP contribution in [0.3, 0.4) is 0 Å². The first-order valence-electron chi connectivity index (χ1n) is 7.57. The summed E-state index contributed by atoms with van der Waals surface area (Å²) in [6.45, 7) is 0.375. The summed E-state index contributed by atoms with van der Waals surface area (Å²) in [6.07, 6.45) is -3.99.